The first-order chi connectivity index (χ1) is 9.07. The zero-order valence-electron chi connectivity index (χ0n) is 13.1. The summed E-state index contributed by atoms with van der Waals surface area (Å²) in [7, 11) is 0. The highest BCUT2D eigenvalue weighted by atomic mass is 15.2. The lowest BCUT2D eigenvalue weighted by Gasteiger charge is -2.50. The molecule has 2 heterocycles. The van der Waals surface area contributed by atoms with E-state index in [2.05, 4.69) is 31.0 Å². The smallest absolute Gasteiger partial charge is 0.0264 e. The number of hydrogen-bond acceptors (Lipinski definition) is 2. The number of nitrogens with zero attached hydrogens (tertiary/aromatic N) is 1. The second-order valence-electron chi connectivity index (χ2n) is 8.19. The van der Waals surface area contributed by atoms with Gasteiger partial charge < -0.3 is 5.32 Å². The van der Waals surface area contributed by atoms with Crippen LogP contribution in [0.2, 0.25) is 0 Å². The first-order valence-electron chi connectivity index (χ1n) is 8.54. The molecule has 0 aromatic carbocycles. The van der Waals surface area contributed by atoms with Gasteiger partial charge in [0.15, 0.2) is 0 Å². The molecule has 3 rings (SSSR count). The second kappa shape index (κ2) is 5.37. The lowest BCUT2D eigenvalue weighted by molar-refractivity contribution is -0.00821. The third kappa shape index (κ3) is 2.71. The third-order valence-electron chi connectivity index (χ3n) is 5.99. The van der Waals surface area contributed by atoms with Gasteiger partial charge in [0, 0.05) is 18.6 Å². The zero-order valence-corrected chi connectivity index (χ0v) is 13.1. The summed E-state index contributed by atoms with van der Waals surface area (Å²) in [6.07, 6.45) is 8.70. The Morgan fingerprint density at radius 3 is 2.47 bits per heavy atom. The molecule has 0 aromatic heterocycles. The van der Waals surface area contributed by atoms with Gasteiger partial charge in [0.05, 0.1) is 0 Å². The SMILES string of the molecule is CC(C)(C)C1CCCCC1N1CCCC2CNCC21. The number of nitrogens with one attached hydrogen (secondary N) is 1. The van der Waals surface area contributed by atoms with Crippen molar-refractivity contribution in [3.05, 3.63) is 0 Å². The van der Waals surface area contributed by atoms with Gasteiger partial charge in [-0.05, 0) is 56.0 Å². The van der Waals surface area contributed by atoms with Crippen molar-refractivity contribution in [2.45, 2.75) is 71.4 Å². The molecule has 2 saturated heterocycles. The largest absolute Gasteiger partial charge is 0.315 e. The summed E-state index contributed by atoms with van der Waals surface area (Å²) in [5.74, 6) is 1.84. The van der Waals surface area contributed by atoms with E-state index in [4.69, 9.17) is 0 Å². The summed E-state index contributed by atoms with van der Waals surface area (Å²) in [4.78, 5) is 2.93. The Morgan fingerprint density at radius 2 is 1.68 bits per heavy atom. The Bertz CT molecular complexity index is 307. The molecule has 3 aliphatic rings. The van der Waals surface area contributed by atoms with Gasteiger partial charge in [0.2, 0.25) is 0 Å². The van der Waals surface area contributed by atoms with Gasteiger partial charge in [-0.3, -0.25) is 4.90 Å². The van der Waals surface area contributed by atoms with Crippen LogP contribution >= 0.6 is 0 Å². The molecule has 0 radical (unpaired) electrons. The molecule has 1 aliphatic carbocycles. The Balaban J connectivity index is 1.78. The van der Waals surface area contributed by atoms with Crippen molar-refractivity contribution in [3.8, 4) is 0 Å². The van der Waals surface area contributed by atoms with E-state index in [1.54, 1.807) is 0 Å². The van der Waals surface area contributed by atoms with Crippen LogP contribution in [-0.2, 0) is 0 Å². The molecule has 110 valence electrons. The average Bonchev–Trinajstić information content (AvgIpc) is 2.85. The molecule has 2 nitrogen and oxygen atoms in total. The normalized spacial score (nSPS) is 41.2. The average molecular weight is 264 g/mol. The fourth-order valence-electron chi connectivity index (χ4n) is 5.03. The Morgan fingerprint density at radius 1 is 0.895 bits per heavy atom. The zero-order chi connectivity index (χ0) is 13.5. The molecule has 2 heteroatoms. The Kier molecular flexibility index (Phi) is 3.92. The highest BCUT2D eigenvalue weighted by molar-refractivity contribution is 4.98. The summed E-state index contributed by atoms with van der Waals surface area (Å²) >= 11 is 0. The van der Waals surface area contributed by atoms with Gasteiger partial charge in [-0.1, -0.05) is 33.6 Å². The van der Waals surface area contributed by atoms with Crippen LogP contribution in [0.4, 0.5) is 0 Å². The predicted molar refractivity (Wildman–Crippen MR) is 81.3 cm³/mol. The molecular formula is C17H32N2. The number of piperidine rings is 1. The molecule has 0 amide bonds. The molecule has 2 aliphatic heterocycles. The van der Waals surface area contributed by atoms with E-state index in [9.17, 15) is 0 Å². The molecule has 1 saturated carbocycles. The first-order valence-corrected chi connectivity index (χ1v) is 8.54. The van der Waals surface area contributed by atoms with Gasteiger partial charge in [-0.25, -0.2) is 0 Å². The number of rotatable bonds is 1. The summed E-state index contributed by atoms with van der Waals surface area (Å²) < 4.78 is 0. The summed E-state index contributed by atoms with van der Waals surface area (Å²) in [5, 5.41) is 3.65. The van der Waals surface area contributed by atoms with Crippen LogP contribution in [0, 0.1) is 17.3 Å². The standard InChI is InChI=1S/C17H32N2/c1-17(2,3)14-8-4-5-9-15(14)19-10-6-7-13-11-18-12-16(13)19/h13-16,18H,4-12H2,1-3H3. The van der Waals surface area contributed by atoms with E-state index in [1.807, 2.05) is 0 Å². The van der Waals surface area contributed by atoms with Crippen LogP contribution in [0.5, 0.6) is 0 Å². The van der Waals surface area contributed by atoms with Gasteiger partial charge in [0.25, 0.3) is 0 Å². The van der Waals surface area contributed by atoms with Crippen molar-refractivity contribution in [1.82, 2.24) is 10.2 Å². The van der Waals surface area contributed by atoms with E-state index in [0.29, 0.717) is 5.41 Å². The van der Waals surface area contributed by atoms with Crippen LogP contribution in [-0.4, -0.2) is 36.6 Å². The van der Waals surface area contributed by atoms with E-state index in [0.717, 1.165) is 23.9 Å². The van der Waals surface area contributed by atoms with Crippen molar-refractivity contribution >= 4 is 0 Å². The van der Waals surface area contributed by atoms with Crippen molar-refractivity contribution in [1.29, 1.82) is 0 Å². The monoisotopic (exact) mass is 264 g/mol. The topological polar surface area (TPSA) is 15.3 Å². The van der Waals surface area contributed by atoms with Crippen molar-refractivity contribution in [2.75, 3.05) is 19.6 Å². The predicted octanol–water partition coefficient (Wildman–Crippen LogP) is 3.28. The van der Waals surface area contributed by atoms with Crippen molar-refractivity contribution < 1.29 is 0 Å². The maximum absolute atomic E-state index is 3.65. The number of hydrogen-bond donors (Lipinski definition) is 1. The third-order valence-corrected chi connectivity index (χ3v) is 5.99. The Labute approximate surface area is 119 Å². The van der Waals surface area contributed by atoms with Crippen LogP contribution in [0.15, 0.2) is 0 Å². The van der Waals surface area contributed by atoms with E-state index >= 15 is 0 Å². The molecule has 4 unspecified atom stereocenters. The highest BCUT2D eigenvalue weighted by Crippen LogP contribution is 2.43. The molecule has 4 atom stereocenters. The molecule has 3 fully saturated rings. The quantitative estimate of drug-likeness (QED) is 0.782. The highest BCUT2D eigenvalue weighted by Gasteiger charge is 2.43. The minimum atomic E-state index is 0.476. The maximum atomic E-state index is 3.65. The lowest BCUT2D eigenvalue weighted by atomic mass is 9.68. The molecule has 19 heavy (non-hydrogen) atoms. The van der Waals surface area contributed by atoms with Crippen LogP contribution in [0.1, 0.15) is 59.3 Å². The fourth-order valence-corrected chi connectivity index (χ4v) is 5.03. The maximum Gasteiger partial charge on any atom is 0.0264 e. The second-order valence-corrected chi connectivity index (χ2v) is 8.19. The van der Waals surface area contributed by atoms with E-state index in [1.165, 1.54) is 58.2 Å². The number of fused-ring (bicyclic) bond motifs is 1. The summed E-state index contributed by atoms with van der Waals surface area (Å²) in [6, 6.07) is 1.71. The van der Waals surface area contributed by atoms with Crippen LogP contribution in [0.25, 0.3) is 0 Å². The first kappa shape index (κ1) is 13.9. The van der Waals surface area contributed by atoms with Crippen molar-refractivity contribution in [3.63, 3.8) is 0 Å². The molecule has 1 N–H and O–H groups in total. The van der Waals surface area contributed by atoms with E-state index < -0.39 is 0 Å². The van der Waals surface area contributed by atoms with Gasteiger partial charge >= 0.3 is 0 Å². The van der Waals surface area contributed by atoms with Gasteiger partial charge in [-0.15, -0.1) is 0 Å². The van der Waals surface area contributed by atoms with Gasteiger partial charge in [0.1, 0.15) is 0 Å². The number of likely N-dealkylation sites (tertiary alicyclic amines) is 1. The van der Waals surface area contributed by atoms with Crippen molar-refractivity contribution in [2.24, 2.45) is 17.3 Å². The minimum absolute atomic E-state index is 0.476. The molecule has 0 bridgehead atoms. The fraction of sp³-hybridized carbons (Fsp3) is 1.00. The van der Waals surface area contributed by atoms with Gasteiger partial charge in [-0.2, -0.15) is 0 Å². The minimum Gasteiger partial charge on any atom is -0.315 e. The molecule has 0 aromatic rings. The van der Waals surface area contributed by atoms with Crippen LogP contribution < -0.4 is 5.32 Å². The van der Waals surface area contributed by atoms with E-state index in [-0.39, 0.29) is 0 Å². The summed E-state index contributed by atoms with van der Waals surface area (Å²) in [5.41, 5.74) is 0.476. The molecular weight excluding hydrogens is 232 g/mol. The van der Waals surface area contributed by atoms with Crippen LogP contribution in [0.3, 0.4) is 0 Å². The summed E-state index contributed by atoms with van der Waals surface area (Å²) in [6.45, 7) is 11.3. The Hall–Kier alpha value is -0.0800. The molecule has 0 spiro atoms. The lowest BCUT2D eigenvalue weighted by Crippen LogP contribution is -2.55.